The summed E-state index contributed by atoms with van der Waals surface area (Å²) in [5, 5.41) is 14.1. The number of morpholine rings is 1. The van der Waals surface area contributed by atoms with Gasteiger partial charge < -0.3 is 20.1 Å². The molecule has 2 aliphatic rings. The number of carbonyl (C=O) groups is 3. The van der Waals surface area contributed by atoms with Crippen molar-refractivity contribution in [1.82, 2.24) is 15.5 Å². The van der Waals surface area contributed by atoms with Crippen LogP contribution in [0.15, 0.2) is 0 Å². The zero-order valence-electron chi connectivity index (χ0n) is 13.9. The van der Waals surface area contributed by atoms with E-state index in [2.05, 4.69) is 10.6 Å². The van der Waals surface area contributed by atoms with E-state index in [-0.39, 0.29) is 41.4 Å². The predicted octanol–water partition coefficient (Wildman–Crippen LogP) is -1.58. The van der Waals surface area contributed by atoms with Gasteiger partial charge in [0, 0.05) is 42.6 Å². The molecule has 0 aromatic carbocycles. The van der Waals surface area contributed by atoms with Gasteiger partial charge in [0.1, 0.15) is 18.1 Å². The van der Waals surface area contributed by atoms with Crippen LogP contribution >= 0.6 is 0 Å². The van der Waals surface area contributed by atoms with Crippen LogP contribution < -0.4 is 10.6 Å². The van der Waals surface area contributed by atoms with E-state index in [0.29, 0.717) is 32.7 Å². The van der Waals surface area contributed by atoms with Crippen molar-refractivity contribution in [1.29, 1.82) is 0 Å². The molecule has 2 saturated heterocycles. The second-order valence-corrected chi connectivity index (χ2v) is 6.09. The molecule has 2 amide bonds. The van der Waals surface area contributed by atoms with Gasteiger partial charge in [-0.15, -0.1) is 0 Å². The molecule has 0 spiro atoms. The SMILES string of the molecule is CC(C)C[C@H](NC(=O)[C@H]1N[C@@H]1C(=O)O)C(=O)N1CCOCC1.[Na]. The number of carboxylic acid groups (broad SMARTS) is 1. The average molecular weight is 336 g/mol. The van der Waals surface area contributed by atoms with Crippen molar-refractivity contribution in [2.45, 2.75) is 38.4 Å². The smallest absolute Gasteiger partial charge is 0.322 e. The third-order valence-corrected chi connectivity index (χ3v) is 3.78. The number of nitrogens with zero attached hydrogens (tertiary/aromatic N) is 1. The summed E-state index contributed by atoms with van der Waals surface area (Å²) in [6.07, 6.45) is 0.520. The zero-order valence-corrected chi connectivity index (χ0v) is 15.9. The Morgan fingerprint density at radius 2 is 1.87 bits per heavy atom. The Balaban J connectivity index is 0.00000264. The van der Waals surface area contributed by atoms with Crippen LogP contribution in [-0.4, -0.2) is 102 Å². The molecule has 2 heterocycles. The minimum Gasteiger partial charge on any atom is -0.480 e. The standard InChI is InChI=1S/C14H23N3O5.Na/c1-8(2)7-9(13(19)17-3-5-22-6-4-17)15-12(18)10-11(16-10)14(20)21;/h8-11,16H,3-7H2,1-2H3,(H,15,18)(H,20,21);/t9-,10-,11-;/m0./s1. The maximum atomic E-state index is 12.5. The Morgan fingerprint density at radius 3 is 2.35 bits per heavy atom. The minimum atomic E-state index is -1.06. The Labute approximate surface area is 157 Å². The van der Waals surface area contributed by atoms with E-state index in [1.165, 1.54) is 0 Å². The van der Waals surface area contributed by atoms with Gasteiger partial charge in [0.15, 0.2) is 0 Å². The molecule has 0 aliphatic carbocycles. The van der Waals surface area contributed by atoms with Gasteiger partial charge in [-0.1, -0.05) is 13.8 Å². The molecule has 0 saturated carbocycles. The first kappa shape index (κ1) is 20.4. The first-order chi connectivity index (χ1) is 10.4. The summed E-state index contributed by atoms with van der Waals surface area (Å²) >= 11 is 0. The maximum absolute atomic E-state index is 12.5. The van der Waals surface area contributed by atoms with Crippen LogP contribution in [0.25, 0.3) is 0 Å². The van der Waals surface area contributed by atoms with Gasteiger partial charge in [-0.2, -0.15) is 0 Å². The predicted molar refractivity (Wildman–Crippen MR) is 82.9 cm³/mol. The van der Waals surface area contributed by atoms with Crippen molar-refractivity contribution in [2.75, 3.05) is 26.3 Å². The summed E-state index contributed by atoms with van der Waals surface area (Å²) in [6.45, 7) is 5.98. The normalized spacial score (nSPS) is 24.6. The second kappa shape index (κ2) is 8.98. The fourth-order valence-corrected chi connectivity index (χ4v) is 2.54. The van der Waals surface area contributed by atoms with Crippen LogP contribution in [0.3, 0.4) is 0 Å². The third-order valence-electron chi connectivity index (χ3n) is 3.78. The number of carbonyl (C=O) groups excluding carboxylic acids is 2. The van der Waals surface area contributed by atoms with Crippen molar-refractivity contribution in [3.8, 4) is 0 Å². The van der Waals surface area contributed by atoms with E-state index in [1.54, 1.807) is 4.90 Å². The first-order valence-corrected chi connectivity index (χ1v) is 7.56. The van der Waals surface area contributed by atoms with Gasteiger partial charge in [-0.3, -0.25) is 19.7 Å². The molecule has 125 valence electrons. The molecule has 0 unspecified atom stereocenters. The minimum absolute atomic E-state index is 0. The van der Waals surface area contributed by atoms with E-state index < -0.39 is 30.0 Å². The van der Waals surface area contributed by atoms with Crippen LogP contribution in [-0.2, 0) is 19.1 Å². The Bertz CT molecular complexity index is 454. The molecule has 23 heavy (non-hydrogen) atoms. The number of amides is 2. The summed E-state index contributed by atoms with van der Waals surface area (Å²) in [5.74, 6) is -1.38. The fraction of sp³-hybridized carbons (Fsp3) is 0.786. The van der Waals surface area contributed by atoms with Crippen LogP contribution in [0.1, 0.15) is 20.3 Å². The molecule has 3 atom stereocenters. The quantitative estimate of drug-likeness (QED) is 0.398. The molecule has 2 aliphatic heterocycles. The van der Waals surface area contributed by atoms with Crippen LogP contribution in [0, 0.1) is 5.92 Å². The molecule has 2 rings (SSSR count). The van der Waals surface area contributed by atoms with Crippen molar-refractivity contribution in [3.63, 3.8) is 0 Å². The zero-order chi connectivity index (χ0) is 16.3. The Morgan fingerprint density at radius 1 is 1.26 bits per heavy atom. The number of hydrogen-bond acceptors (Lipinski definition) is 5. The number of carboxylic acids is 1. The van der Waals surface area contributed by atoms with Gasteiger partial charge in [-0.05, 0) is 12.3 Å². The molecule has 0 aromatic heterocycles. The topological polar surface area (TPSA) is 118 Å². The summed E-state index contributed by atoms with van der Waals surface area (Å²) in [7, 11) is 0. The average Bonchev–Trinajstić information content (AvgIpc) is 3.27. The van der Waals surface area contributed by atoms with Crippen LogP contribution in [0.2, 0.25) is 0 Å². The van der Waals surface area contributed by atoms with Crippen molar-refractivity contribution in [2.24, 2.45) is 5.92 Å². The molecule has 0 bridgehead atoms. The number of nitrogens with one attached hydrogen (secondary N) is 2. The van der Waals surface area contributed by atoms with E-state index in [1.807, 2.05) is 13.8 Å². The molecule has 8 nitrogen and oxygen atoms in total. The van der Waals surface area contributed by atoms with Gasteiger partial charge in [0.25, 0.3) is 0 Å². The number of rotatable bonds is 6. The molecular formula is C14H23N3NaO5. The Hall–Kier alpha value is -0.670. The van der Waals surface area contributed by atoms with Crippen LogP contribution in [0.5, 0.6) is 0 Å². The molecular weight excluding hydrogens is 313 g/mol. The van der Waals surface area contributed by atoms with E-state index in [0.717, 1.165) is 0 Å². The molecule has 2 fully saturated rings. The van der Waals surface area contributed by atoms with Crippen molar-refractivity contribution >= 4 is 47.3 Å². The van der Waals surface area contributed by atoms with Gasteiger partial charge in [0.05, 0.1) is 13.2 Å². The number of aliphatic carboxylic acids is 1. The van der Waals surface area contributed by atoms with Gasteiger partial charge >= 0.3 is 5.97 Å². The summed E-state index contributed by atoms with van der Waals surface area (Å²) < 4.78 is 5.22. The largest absolute Gasteiger partial charge is 0.480 e. The van der Waals surface area contributed by atoms with Crippen molar-refractivity contribution in [3.05, 3.63) is 0 Å². The Kier molecular flexibility index (Phi) is 7.96. The fourth-order valence-electron chi connectivity index (χ4n) is 2.54. The van der Waals surface area contributed by atoms with Gasteiger partial charge in [-0.25, -0.2) is 0 Å². The monoisotopic (exact) mass is 336 g/mol. The molecule has 3 N–H and O–H groups in total. The summed E-state index contributed by atoms with van der Waals surface area (Å²) in [5.41, 5.74) is 0. The van der Waals surface area contributed by atoms with Gasteiger partial charge in [0.2, 0.25) is 11.8 Å². The van der Waals surface area contributed by atoms with Crippen LogP contribution in [0.4, 0.5) is 0 Å². The number of ether oxygens (including phenoxy) is 1. The van der Waals surface area contributed by atoms with Crippen molar-refractivity contribution < 1.29 is 24.2 Å². The first-order valence-electron chi connectivity index (χ1n) is 7.56. The third kappa shape index (κ3) is 5.72. The molecule has 1 radical (unpaired) electrons. The number of hydrogen-bond donors (Lipinski definition) is 3. The molecule has 0 aromatic rings. The van der Waals surface area contributed by atoms with E-state index >= 15 is 0 Å². The van der Waals surface area contributed by atoms with E-state index in [4.69, 9.17) is 9.84 Å². The maximum Gasteiger partial charge on any atom is 0.322 e. The van der Waals surface area contributed by atoms with E-state index in [9.17, 15) is 14.4 Å². The summed E-state index contributed by atoms with van der Waals surface area (Å²) in [6, 6.07) is -2.22. The summed E-state index contributed by atoms with van der Waals surface area (Å²) in [4.78, 5) is 37.1. The molecule has 9 heteroatoms. The second-order valence-electron chi connectivity index (χ2n) is 6.09.